The summed E-state index contributed by atoms with van der Waals surface area (Å²) >= 11 is 0. The van der Waals surface area contributed by atoms with E-state index in [1.807, 2.05) is 13.8 Å². The molecule has 0 aromatic rings. The van der Waals surface area contributed by atoms with Crippen LogP contribution in [0.1, 0.15) is 21.6 Å². The quantitative estimate of drug-likeness (QED) is 0.528. The summed E-state index contributed by atoms with van der Waals surface area (Å²) < 4.78 is 12.1. The Kier molecular flexibility index (Phi) is 3.01. The summed E-state index contributed by atoms with van der Waals surface area (Å²) in [7, 11) is 1.63. The molecule has 1 heteroatoms. The average Bonchev–Trinajstić information content (AvgIpc) is 1.67. The van der Waals surface area contributed by atoms with E-state index in [0.29, 0.717) is 12.5 Å². The predicted molar refractivity (Wildman–Crippen MR) is 31.3 cm³/mol. The molecule has 0 aromatic heterocycles. The maximum absolute atomic E-state index is 7.30. The fraction of sp³-hybridized carbons (Fsp3) is 1.00. The van der Waals surface area contributed by atoms with Gasteiger partial charge >= 0.3 is 0 Å². The van der Waals surface area contributed by atoms with E-state index < -0.39 is 0 Å². The lowest BCUT2D eigenvalue weighted by atomic mass is 10.1. The highest BCUT2D eigenvalue weighted by atomic mass is 16.5. The highest BCUT2D eigenvalue weighted by molar-refractivity contribution is 4.40. The zero-order valence-electron chi connectivity index (χ0n) is 6.27. The van der Waals surface area contributed by atoms with Crippen LogP contribution in [-0.2, 0) is 4.74 Å². The Labute approximate surface area is 47.1 Å². The normalized spacial score (nSPS) is 16.9. The molecule has 0 aromatic carbocycles. The zero-order valence-corrected chi connectivity index (χ0v) is 5.27. The lowest BCUT2D eigenvalue weighted by Crippen LogP contribution is -1.93. The molecule has 0 aliphatic heterocycles. The molecular formula is C6H14O. The summed E-state index contributed by atoms with van der Waals surface area (Å²) in [5.74, 6) is 0.412. The summed E-state index contributed by atoms with van der Waals surface area (Å²) in [6, 6.07) is 0. The molecule has 1 atom stereocenters. The maximum Gasteiger partial charge on any atom is 0.0464 e. The van der Waals surface area contributed by atoms with Gasteiger partial charge < -0.3 is 4.74 Å². The molecule has 0 heterocycles. The van der Waals surface area contributed by atoms with Crippen molar-refractivity contribution in [1.82, 2.24) is 0 Å². The molecule has 1 nitrogen and oxygen atoms in total. The molecule has 0 N–H and O–H groups in total. The summed E-state index contributed by atoms with van der Waals surface area (Å²) in [5.41, 5.74) is 0. The predicted octanol–water partition coefficient (Wildman–Crippen LogP) is 1.68. The summed E-state index contributed by atoms with van der Waals surface area (Å²) in [5, 5.41) is 0. The van der Waals surface area contributed by atoms with Crippen molar-refractivity contribution >= 4 is 0 Å². The number of rotatable bonds is 3. The molecule has 0 saturated heterocycles. The molecule has 7 heavy (non-hydrogen) atoms. The lowest BCUT2D eigenvalue weighted by Gasteiger charge is -1.99. The lowest BCUT2D eigenvalue weighted by molar-refractivity contribution is 0.183. The number of hydrogen-bond acceptors (Lipinski definition) is 1. The van der Waals surface area contributed by atoms with E-state index >= 15 is 0 Å². The largest absolute Gasteiger partial charge is 0.385 e. The van der Waals surface area contributed by atoms with Crippen LogP contribution in [0.5, 0.6) is 0 Å². The molecule has 0 amide bonds. The third-order valence-electron chi connectivity index (χ3n) is 0.734. The van der Waals surface area contributed by atoms with E-state index in [-0.39, 0.29) is 6.40 Å². The van der Waals surface area contributed by atoms with Crippen molar-refractivity contribution in [2.45, 2.75) is 20.2 Å². The van der Waals surface area contributed by atoms with E-state index in [1.54, 1.807) is 7.11 Å². The Balaban J connectivity index is 3.17. The van der Waals surface area contributed by atoms with Crippen LogP contribution < -0.4 is 0 Å². The second-order valence-electron chi connectivity index (χ2n) is 1.94. The van der Waals surface area contributed by atoms with E-state index in [4.69, 9.17) is 6.11 Å². The minimum atomic E-state index is -0.0556. The highest BCUT2D eigenvalue weighted by Crippen LogP contribution is 1.96. The van der Waals surface area contributed by atoms with Gasteiger partial charge in [-0.25, -0.2) is 0 Å². The van der Waals surface area contributed by atoms with Crippen molar-refractivity contribution in [3.8, 4) is 0 Å². The highest BCUT2D eigenvalue weighted by Gasteiger charge is 1.89. The minimum Gasteiger partial charge on any atom is -0.385 e. The van der Waals surface area contributed by atoms with E-state index in [1.165, 1.54) is 0 Å². The van der Waals surface area contributed by atoms with E-state index in [2.05, 4.69) is 0 Å². The fourth-order valence-corrected chi connectivity index (χ4v) is 0.289. The maximum atomic E-state index is 7.30. The molecule has 0 aliphatic carbocycles. The number of hydrogen-bond donors (Lipinski definition) is 0. The van der Waals surface area contributed by atoms with Gasteiger partial charge in [-0.1, -0.05) is 13.8 Å². The second-order valence-corrected chi connectivity index (χ2v) is 1.94. The van der Waals surface area contributed by atoms with Gasteiger partial charge in [0, 0.05) is 15.1 Å². The van der Waals surface area contributed by atoms with Crippen molar-refractivity contribution in [2.75, 3.05) is 13.7 Å². The fourth-order valence-electron chi connectivity index (χ4n) is 0.289. The van der Waals surface area contributed by atoms with Gasteiger partial charge in [0.15, 0.2) is 0 Å². The van der Waals surface area contributed by atoms with Gasteiger partial charge in [-0.15, -0.1) is 0 Å². The molecule has 0 saturated carbocycles. The topological polar surface area (TPSA) is 9.23 Å². The van der Waals surface area contributed by atoms with Crippen LogP contribution >= 0.6 is 0 Å². The van der Waals surface area contributed by atoms with Crippen molar-refractivity contribution in [3.63, 3.8) is 0 Å². The minimum absolute atomic E-state index is 0.0556. The first-order valence-corrected chi connectivity index (χ1v) is 2.59. The van der Waals surface area contributed by atoms with Crippen LogP contribution in [0, 0.1) is 5.92 Å². The van der Waals surface area contributed by atoms with E-state index in [9.17, 15) is 0 Å². The Hall–Kier alpha value is -0.0400. The number of methoxy groups -OCH3 is 1. The van der Waals surface area contributed by atoms with Gasteiger partial charge in [0.1, 0.15) is 0 Å². The molecule has 44 valence electrons. The van der Waals surface area contributed by atoms with Crippen molar-refractivity contribution in [3.05, 3.63) is 0 Å². The van der Waals surface area contributed by atoms with Crippen molar-refractivity contribution < 1.29 is 6.11 Å². The smallest absolute Gasteiger partial charge is 0.0464 e. The SMILES string of the molecule is [2H]C(COC)C(C)C. The molecule has 0 bridgehead atoms. The Bertz CT molecular complexity index is 54.5. The van der Waals surface area contributed by atoms with Gasteiger partial charge in [-0.2, -0.15) is 0 Å². The molecule has 0 spiro atoms. The van der Waals surface area contributed by atoms with Crippen LogP contribution in [0.3, 0.4) is 0 Å². The molecule has 0 radical (unpaired) electrons. The summed E-state index contributed by atoms with van der Waals surface area (Å²) in [6.45, 7) is 4.60. The van der Waals surface area contributed by atoms with E-state index in [0.717, 1.165) is 0 Å². The van der Waals surface area contributed by atoms with Crippen LogP contribution in [0.4, 0.5) is 0 Å². The Morgan fingerprint density at radius 1 is 1.71 bits per heavy atom. The summed E-state index contributed by atoms with van der Waals surface area (Å²) in [6.07, 6.45) is -0.0556. The zero-order chi connectivity index (χ0) is 6.57. The molecule has 1 unspecified atom stereocenters. The number of ether oxygens (including phenoxy) is 1. The Morgan fingerprint density at radius 2 is 2.29 bits per heavy atom. The first-order chi connectivity index (χ1) is 3.68. The average molecular weight is 103 g/mol. The van der Waals surface area contributed by atoms with Gasteiger partial charge in [0.25, 0.3) is 0 Å². The molecular weight excluding hydrogens is 88.1 g/mol. The van der Waals surface area contributed by atoms with Crippen molar-refractivity contribution in [2.24, 2.45) is 5.92 Å². The molecule has 0 aliphatic rings. The van der Waals surface area contributed by atoms with Gasteiger partial charge in [-0.05, 0) is 12.3 Å². The first kappa shape index (κ1) is 5.10. The summed E-state index contributed by atoms with van der Waals surface area (Å²) in [4.78, 5) is 0. The molecule has 0 rings (SSSR count). The Morgan fingerprint density at radius 3 is 2.43 bits per heavy atom. The van der Waals surface area contributed by atoms with Crippen molar-refractivity contribution in [1.29, 1.82) is 0 Å². The van der Waals surface area contributed by atoms with Gasteiger partial charge in [0.2, 0.25) is 0 Å². The molecule has 0 fully saturated rings. The van der Waals surface area contributed by atoms with Gasteiger partial charge in [0.05, 0.1) is 0 Å². The van der Waals surface area contributed by atoms with Crippen LogP contribution in [0.15, 0.2) is 0 Å². The third kappa shape index (κ3) is 5.96. The monoisotopic (exact) mass is 103 g/mol. The van der Waals surface area contributed by atoms with Crippen LogP contribution in [0.25, 0.3) is 0 Å². The third-order valence-corrected chi connectivity index (χ3v) is 0.734. The van der Waals surface area contributed by atoms with Crippen LogP contribution in [-0.4, -0.2) is 13.7 Å². The second kappa shape index (κ2) is 4.13. The van der Waals surface area contributed by atoms with Crippen LogP contribution in [0.2, 0.25) is 0 Å². The van der Waals surface area contributed by atoms with Gasteiger partial charge in [-0.3, -0.25) is 0 Å². The standard InChI is InChI=1S/C6H14O/c1-6(2)4-5-7-3/h6H,4-5H2,1-3H3/i4D. The first-order valence-electron chi connectivity index (χ1n) is 3.17.